The summed E-state index contributed by atoms with van der Waals surface area (Å²) in [5.74, 6) is 0.529. The van der Waals surface area contributed by atoms with Gasteiger partial charge in [-0.15, -0.1) is 0 Å². The van der Waals surface area contributed by atoms with E-state index in [4.69, 9.17) is 4.74 Å². The highest BCUT2D eigenvalue weighted by atomic mass is 16.5. The van der Waals surface area contributed by atoms with E-state index < -0.39 is 6.10 Å². The van der Waals surface area contributed by atoms with E-state index in [1.807, 2.05) is 55.5 Å². The maximum atomic E-state index is 12.4. The predicted octanol–water partition coefficient (Wildman–Crippen LogP) is 3.42. The molecule has 0 spiro atoms. The molecule has 0 aliphatic rings. The predicted molar refractivity (Wildman–Crippen MR) is 103 cm³/mol. The Bertz CT molecular complexity index is 754. The Morgan fingerprint density at radius 2 is 1.81 bits per heavy atom. The Balaban J connectivity index is 1.92. The van der Waals surface area contributed by atoms with Crippen LogP contribution in [0.1, 0.15) is 24.5 Å². The minimum atomic E-state index is -0.614. The van der Waals surface area contributed by atoms with Gasteiger partial charge in [0.25, 0.3) is 5.91 Å². The van der Waals surface area contributed by atoms with E-state index in [2.05, 4.69) is 5.32 Å². The molecule has 1 atom stereocenters. The fourth-order valence-electron chi connectivity index (χ4n) is 2.40. The van der Waals surface area contributed by atoms with Gasteiger partial charge in [-0.3, -0.25) is 9.59 Å². The lowest BCUT2D eigenvalue weighted by Crippen LogP contribution is -2.30. The molecule has 0 radical (unpaired) electrons. The number of anilines is 1. The molecular weight excluding hydrogens is 328 g/mol. The van der Waals surface area contributed by atoms with E-state index in [1.165, 1.54) is 0 Å². The number of nitrogens with one attached hydrogen (secondary N) is 1. The topological polar surface area (TPSA) is 58.6 Å². The maximum Gasteiger partial charge on any atom is 0.265 e. The van der Waals surface area contributed by atoms with Gasteiger partial charge in [0.05, 0.1) is 0 Å². The van der Waals surface area contributed by atoms with Crippen LogP contribution in [0.15, 0.2) is 48.5 Å². The highest BCUT2D eigenvalue weighted by Gasteiger charge is 2.15. The number of aryl methyl sites for hydroxylation is 2. The van der Waals surface area contributed by atoms with Crippen LogP contribution in [0.5, 0.6) is 5.75 Å². The van der Waals surface area contributed by atoms with Crippen molar-refractivity contribution in [3.63, 3.8) is 0 Å². The summed E-state index contributed by atoms with van der Waals surface area (Å²) >= 11 is 0. The van der Waals surface area contributed by atoms with Gasteiger partial charge in [0.15, 0.2) is 6.10 Å². The summed E-state index contributed by atoms with van der Waals surface area (Å²) in [4.78, 5) is 25.6. The Hall–Kier alpha value is -2.82. The number of nitrogens with zero attached hydrogens (tertiary/aromatic N) is 1. The first-order valence-electron chi connectivity index (χ1n) is 8.68. The SMILES string of the molecule is Cc1ccc(OC(C)C(=O)Nc2cccc(CCC(=O)N(C)C)c2)cc1. The van der Waals surface area contributed by atoms with Gasteiger partial charge in [-0.1, -0.05) is 29.8 Å². The number of benzene rings is 2. The zero-order valence-corrected chi connectivity index (χ0v) is 15.8. The normalized spacial score (nSPS) is 11.5. The van der Waals surface area contributed by atoms with Crippen LogP contribution in [-0.4, -0.2) is 36.9 Å². The van der Waals surface area contributed by atoms with E-state index in [9.17, 15) is 9.59 Å². The smallest absolute Gasteiger partial charge is 0.265 e. The molecule has 2 amide bonds. The Morgan fingerprint density at radius 1 is 1.12 bits per heavy atom. The number of hydrogen-bond acceptors (Lipinski definition) is 3. The molecule has 1 N–H and O–H groups in total. The minimum Gasteiger partial charge on any atom is -0.481 e. The van der Waals surface area contributed by atoms with Crippen LogP contribution in [0.2, 0.25) is 0 Å². The summed E-state index contributed by atoms with van der Waals surface area (Å²) in [5, 5.41) is 2.86. The molecule has 5 heteroatoms. The summed E-state index contributed by atoms with van der Waals surface area (Å²) in [6.07, 6.45) is 0.463. The van der Waals surface area contributed by atoms with Gasteiger partial charge in [0.2, 0.25) is 5.91 Å². The number of carbonyl (C=O) groups excluding carboxylic acids is 2. The molecule has 26 heavy (non-hydrogen) atoms. The number of carbonyl (C=O) groups is 2. The van der Waals surface area contributed by atoms with Crippen molar-refractivity contribution in [3.05, 3.63) is 59.7 Å². The van der Waals surface area contributed by atoms with Crippen molar-refractivity contribution in [2.75, 3.05) is 19.4 Å². The number of hydrogen-bond donors (Lipinski definition) is 1. The lowest BCUT2D eigenvalue weighted by Gasteiger charge is -2.15. The number of rotatable bonds is 7. The molecule has 0 bridgehead atoms. The number of amides is 2. The van der Waals surface area contributed by atoms with E-state index in [-0.39, 0.29) is 11.8 Å². The summed E-state index contributed by atoms with van der Waals surface area (Å²) in [6.45, 7) is 3.72. The van der Waals surface area contributed by atoms with Gasteiger partial charge in [-0.25, -0.2) is 0 Å². The first kappa shape index (κ1) is 19.5. The molecule has 0 aliphatic carbocycles. The average molecular weight is 354 g/mol. The van der Waals surface area contributed by atoms with Crippen LogP contribution in [-0.2, 0) is 16.0 Å². The third kappa shape index (κ3) is 5.92. The monoisotopic (exact) mass is 354 g/mol. The summed E-state index contributed by atoms with van der Waals surface area (Å²) in [7, 11) is 3.49. The van der Waals surface area contributed by atoms with Gasteiger partial charge in [0.1, 0.15) is 5.75 Å². The fourth-order valence-corrected chi connectivity index (χ4v) is 2.40. The van der Waals surface area contributed by atoms with Crippen molar-refractivity contribution in [2.24, 2.45) is 0 Å². The third-order valence-corrected chi connectivity index (χ3v) is 4.02. The van der Waals surface area contributed by atoms with E-state index in [0.717, 1.165) is 11.1 Å². The van der Waals surface area contributed by atoms with Crippen LogP contribution in [0, 0.1) is 6.92 Å². The summed E-state index contributed by atoms with van der Waals surface area (Å²) in [5.41, 5.74) is 2.84. The second-order valence-corrected chi connectivity index (χ2v) is 6.55. The second-order valence-electron chi connectivity index (χ2n) is 6.55. The van der Waals surface area contributed by atoms with Crippen molar-refractivity contribution in [2.45, 2.75) is 32.8 Å². The van der Waals surface area contributed by atoms with E-state index in [0.29, 0.717) is 24.3 Å². The van der Waals surface area contributed by atoms with Crippen LogP contribution < -0.4 is 10.1 Å². The molecule has 0 saturated heterocycles. The first-order valence-corrected chi connectivity index (χ1v) is 8.68. The largest absolute Gasteiger partial charge is 0.481 e. The molecule has 1 unspecified atom stereocenters. The van der Waals surface area contributed by atoms with Gasteiger partial charge < -0.3 is 15.0 Å². The van der Waals surface area contributed by atoms with Gasteiger partial charge in [0, 0.05) is 26.2 Å². The standard InChI is InChI=1S/C21H26N2O3/c1-15-8-11-19(12-9-15)26-16(2)21(25)22-18-7-5-6-17(14-18)10-13-20(24)23(3)4/h5-9,11-12,14,16H,10,13H2,1-4H3,(H,22,25). The van der Waals surface area contributed by atoms with Crippen LogP contribution in [0.3, 0.4) is 0 Å². The molecule has 0 fully saturated rings. The van der Waals surface area contributed by atoms with Gasteiger partial charge >= 0.3 is 0 Å². The lowest BCUT2D eigenvalue weighted by atomic mass is 10.1. The van der Waals surface area contributed by atoms with Crippen molar-refractivity contribution < 1.29 is 14.3 Å². The molecule has 0 aliphatic heterocycles. The van der Waals surface area contributed by atoms with Crippen LogP contribution in [0.25, 0.3) is 0 Å². The highest BCUT2D eigenvalue weighted by Crippen LogP contribution is 2.16. The Kier molecular flexibility index (Phi) is 6.78. The van der Waals surface area contributed by atoms with Crippen LogP contribution in [0.4, 0.5) is 5.69 Å². The minimum absolute atomic E-state index is 0.0829. The molecular formula is C21H26N2O3. The van der Waals surface area contributed by atoms with Crippen molar-refractivity contribution in [3.8, 4) is 5.75 Å². The van der Waals surface area contributed by atoms with Crippen molar-refractivity contribution in [1.29, 1.82) is 0 Å². The zero-order valence-electron chi connectivity index (χ0n) is 15.8. The van der Waals surface area contributed by atoms with Gasteiger partial charge in [-0.05, 0) is 50.1 Å². The number of ether oxygens (including phenoxy) is 1. The molecule has 0 heterocycles. The molecule has 2 rings (SSSR count). The fraction of sp³-hybridized carbons (Fsp3) is 0.333. The first-order chi connectivity index (χ1) is 12.3. The summed E-state index contributed by atoms with van der Waals surface area (Å²) < 4.78 is 5.68. The van der Waals surface area contributed by atoms with Crippen molar-refractivity contribution in [1.82, 2.24) is 4.90 Å². The van der Waals surface area contributed by atoms with Crippen LogP contribution >= 0.6 is 0 Å². The molecule has 5 nitrogen and oxygen atoms in total. The molecule has 2 aromatic rings. The Labute approximate surface area is 155 Å². The zero-order chi connectivity index (χ0) is 19.1. The second kappa shape index (κ2) is 9.04. The van der Waals surface area contributed by atoms with Gasteiger partial charge in [-0.2, -0.15) is 0 Å². The third-order valence-electron chi connectivity index (χ3n) is 4.02. The molecule has 0 saturated carbocycles. The molecule has 138 valence electrons. The van der Waals surface area contributed by atoms with E-state index >= 15 is 0 Å². The molecule has 0 aromatic heterocycles. The molecule has 2 aromatic carbocycles. The Morgan fingerprint density at radius 3 is 2.46 bits per heavy atom. The quantitative estimate of drug-likeness (QED) is 0.829. The maximum absolute atomic E-state index is 12.4. The average Bonchev–Trinajstić information content (AvgIpc) is 2.61. The highest BCUT2D eigenvalue weighted by molar-refractivity contribution is 5.94. The summed E-state index contributed by atoms with van der Waals surface area (Å²) in [6, 6.07) is 15.1. The van der Waals surface area contributed by atoms with Crippen molar-refractivity contribution >= 4 is 17.5 Å². The van der Waals surface area contributed by atoms with E-state index in [1.54, 1.807) is 25.9 Å². The lowest BCUT2D eigenvalue weighted by molar-refractivity contribution is -0.128.